The Morgan fingerprint density at radius 1 is 1.35 bits per heavy atom. The van der Waals surface area contributed by atoms with Gasteiger partial charge in [-0.1, -0.05) is 0 Å². The summed E-state index contributed by atoms with van der Waals surface area (Å²) in [5.41, 5.74) is 4.89. The van der Waals surface area contributed by atoms with Crippen LogP contribution in [0.5, 0.6) is 0 Å². The van der Waals surface area contributed by atoms with Crippen LogP contribution < -0.4 is 11.1 Å². The highest BCUT2D eigenvalue weighted by Gasteiger charge is 2.25. The van der Waals surface area contributed by atoms with Crippen molar-refractivity contribution in [2.75, 3.05) is 19.8 Å². The minimum atomic E-state index is -0.528. The van der Waals surface area contributed by atoms with E-state index in [1.165, 1.54) is 0 Å². The molecule has 0 aliphatic rings. The number of rotatable bonds is 8. The molecule has 0 aromatic heterocycles. The second kappa shape index (κ2) is 6.93. The number of amides is 1. The molecule has 1 amide bonds. The highest BCUT2D eigenvalue weighted by atomic mass is 16.5. The summed E-state index contributed by atoms with van der Waals surface area (Å²) in [6.45, 7) is 8.47. The SMILES string of the molecule is CC(C)(N)COC(C)(C)CC(=O)NCCCO. The topological polar surface area (TPSA) is 84.6 Å². The zero-order valence-electron chi connectivity index (χ0n) is 11.4. The first kappa shape index (κ1) is 16.4. The van der Waals surface area contributed by atoms with Crippen molar-refractivity contribution in [2.24, 2.45) is 5.73 Å². The first-order valence-corrected chi connectivity index (χ1v) is 5.97. The van der Waals surface area contributed by atoms with Gasteiger partial charge in [-0.2, -0.15) is 0 Å². The van der Waals surface area contributed by atoms with Gasteiger partial charge >= 0.3 is 0 Å². The summed E-state index contributed by atoms with van der Waals surface area (Å²) in [6.07, 6.45) is 0.858. The number of ether oxygens (including phenoxy) is 1. The maximum atomic E-state index is 11.6. The number of carbonyl (C=O) groups excluding carboxylic acids is 1. The lowest BCUT2D eigenvalue weighted by molar-refractivity contribution is -0.128. The van der Waals surface area contributed by atoms with Crippen molar-refractivity contribution in [3.05, 3.63) is 0 Å². The highest BCUT2D eigenvalue weighted by molar-refractivity contribution is 5.76. The summed E-state index contributed by atoms with van der Waals surface area (Å²) in [5, 5.41) is 11.3. The van der Waals surface area contributed by atoms with Gasteiger partial charge in [0.25, 0.3) is 0 Å². The van der Waals surface area contributed by atoms with Crippen molar-refractivity contribution in [3.8, 4) is 0 Å². The van der Waals surface area contributed by atoms with Gasteiger partial charge in [0.1, 0.15) is 0 Å². The largest absolute Gasteiger partial charge is 0.396 e. The number of aliphatic hydroxyl groups excluding tert-OH is 1. The van der Waals surface area contributed by atoms with Crippen LogP contribution in [0, 0.1) is 0 Å². The van der Waals surface area contributed by atoms with Crippen LogP contribution in [0.15, 0.2) is 0 Å². The molecule has 0 fully saturated rings. The van der Waals surface area contributed by atoms with E-state index >= 15 is 0 Å². The molecular weight excluding hydrogens is 220 g/mol. The van der Waals surface area contributed by atoms with E-state index in [2.05, 4.69) is 5.32 Å². The molecule has 0 spiro atoms. The molecule has 0 unspecified atom stereocenters. The summed E-state index contributed by atoms with van der Waals surface area (Å²) >= 11 is 0. The fourth-order valence-electron chi connectivity index (χ4n) is 1.19. The van der Waals surface area contributed by atoms with Crippen LogP contribution in [0.2, 0.25) is 0 Å². The minimum Gasteiger partial charge on any atom is -0.396 e. The number of aliphatic hydroxyl groups is 1. The van der Waals surface area contributed by atoms with Crippen LogP contribution in [0.1, 0.15) is 40.5 Å². The first-order chi connectivity index (χ1) is 7.66. The summed E-state index contributed by atoms with van der Waals surface area (Å²) in [7, 11) is 0. The third kappa shape index (κ3) is 10.2. The van der Waals surface area contributed by atoms with Crippen molar-refractivity contribution < 1.29 is 14.6 Å². The van der Waals surface area contributed by atoms with Crippen LogP contribution in [-0.2, 0) is 9.53 Å². The third-order valence-corrected chi connectivity index (χ3v) is 2.08. The standard InChI is InChI=1S/C12H26N2O3/c1-11(2,13)9-17-12(3,4)8-10(16)14-6-5-7-15/h15H,5-9,13H2,1-4H3,(H,14,16). The Bertz CT molecular complexity index is 234. The van der Waals surface area contributed by atoms with Crippen LogP contribution in [0.4, 0.5) is 0 Å². The van der Waals surface area contributed by atoms with Gasteiger partial charge < -0.3 is 20.9 Å². The maximum absolute atomic E-state index is 11.6. The van der Waals surface area contributed by atoms with Crippen molar-refractivity contribution >= 4 is 5.91 Å². The predicted molar refractivity (Wildman–Crippen MR) is 67.6 cm³/mol. The number of nitrogens with one attached hydrogen (secondary N) is 1. The molecule has 17 heavy (non-hydrogen) atoms. The molecule has 5 heteroatoms. The molecule has 0 aliphatic carbocycles. The molecule has 0 heterocycles. The van der Waals surface area contributed by atoms with Gasteiger partial charge in [0.05, 0.1) is 18.6 Å². The molecule has 0 rings (SSSR count). The molecule has 0 aromatic rings. The summed E-state index contributed by atoms with van der Waals surface area (Å²) in [4.78, 5) is 11.6. The van der Waals surface area contributed by atoms with Crippen LogP contribution in [-0.4, -0.2) is 41.9 Å². The van der Waals surface area contributed by atoms with E-state index in [-0.39, 0.29) is 18.9 Å². The Hall–Kier alpha value is -0.650. The molecule has 5 nitrogen and oxygen atoms in total. The molecule has 0 bridgehead atoms. The normalized spacial score (nSPS) is 12.6. The van der Waals surface area contributed by atoms with Gasteiger partial charge in [-0.25, -0.2) is 0 Å². The lowest BCUT2D eigenvalue weighted by Gasteiger charge is -2.29. The molecule has 0 aliphatic heterocycles. The average molecular weight is 246 g/mol. The van der Waals surface area contributed by atoms with E-state index in [0.29, 0.717) is 19.6 Å². The number of hydrogen-bond acceptors (Lipinski definition) is 4. The van der Waals surface area contributed by atoms with Crippen molar-refractivity contribution in [3.63, 3.8) is 0 Å². The monoisotopic (exact) mass is 246 g/mol. The van der Waals surface area contributed by atoms with Crippen LogP contribution in [0.25, 0.3) is 0 Å². The zero-order valence-corrected chi connectivity index (χ0v) is 11.4. The van der Waals surface area contributed by atoms with E-state index in [1.54, 1.807) is 0 Å². The molecule has 0 radical (unpaired) electrons. The zero-order chi connectivity index (χ0) is 13.5. The summed E-state index contributed by atoms with van der Waals surface area (Å²) in [5.74, 6) is -0.0710. The van der Waals surface area contributed by atoms with E-state index in [1.807, 2.05) is 27.7 Å². The number of nitrogens with two attached hydrogens (primary N) is 1. The molecule has 0 saturated carbocycles. The summed E-state index contributed by atoms with van der Waals surface area (Å²) < 4.78 is 5.64. The van der Waals surface area contributed by atoms with Gasteiger partial charge in [-0.15, -0.1) is 0 Å². The molecule has 0 atom stereocenters. The Morgan fingerprint density at radius 3 is 2.41 bits per heavy atom. The molecule has 102 valence electrons. The Kier molecular flexibility index (Phi) is 6.67. The predicted octanol–water partition coefficient (Wildman–Crippen LogP) is 0.408. The Labute approximate surface area is 104 Å². The van der Waals surface area contributed by atoms with Crippen molar-refractivity contribution in [1.82, 2.24) is 5.32 Å². The molecule has 0 saturated heterocycles. The van der Waals surface area contributed by atoms with Crippen LogP contribution in [0.3, 0.4) is 0 Å². The third-order valence-electron chi connectivity index (χ3n) is 2.08. The minimum absolute atomic E-state index is 0.0710. The van der Waals surface area contributed by atoms with Crippen LogP contribution >= 0.6 is 0 Å². The van der Waals surface area contributed by atoms with E-state index < -0.39 is 11.1 Å². The summed E-state index contributed by atoms with van der Waals surface area (Å²) in [6, 6.07) is 0. The Morgan fingerprint density at radius 2 is 1.94 bits per heavy atom. The van der Waals surface area contributed by atoms with Gasteiger partial charge in [-0.05, 0) is 34.1 Å². The second-order valence-corrected chi connectivity index (χ2v) is 5.64. The maximum Gasteiger partial charge on any atom is 0.222 e. The fraction of sp³-hybridized carbons (Fsp3) is 0.917. The van der Waals surface area contributed by atoms with Crippen molar-refractivity contribution in [2.45, 2.75) is 51.7 Å². The Balaban J connectivity index is 3.94. The van der Waals surface area contributed by atoms with Gasteiger partial charge in [0, 0.05) is 18.7 Å². The molecule has 0 aromatic carbocycles. The lowest BCUT2D eigenvalue weighted by atomic mass is 10.0. The van der Waals surface area contributed by atoms with Crippen molar-refractivity contribution in [1.29, 1.82) is 0 Å². The van der Waals surface area contributed by atoms with Gasteiger partial charge in [0.2, 0.25) is 5.91 Å². The lowest BCUT2D eigenvalue weighted by Crippen LogP contribution is -2.43. The average Bonchev–Trinajstić information content (AvgIpc) is 2.14. The van der Waals surface area contributed by atoms with Gasteiger partial charge in [0.15, 0.2) is 0 Å². The number of carbonyl (C=O) groups is 1. The first-order valence-electron chi connectivity index (χ1n) is 5.97. The van der Waals surface area contributed by atoms with E-state index in [9.17, 15) is 4.79 Å². The smallest absolute Gasteiger partial charge is 0.222 e. The highest BCUT2D eigenvalue weighted by Crippen LogP contribution is 2.16. The molecule has 4 N–H and O–H groups in total. The van der Waals surface area contributed by atoms with E-state index in [0.717, 1.165) is 0 Å². The second-order valence-electron chi connectivity index (χ2n) is 5.64. The molecular formula is C12H26N2O3. The van der Waals surface area contributed by atoms with E-state index in [4.69, 9.17) is 15.6 Å². The quantitative estimate of drug-likeness (QED) is 0.541. The van der Waals surface area contributed by atoms with Gasteiger partial charge in [-0.3, -0.25) is 4.79 Å². The fourth-order valence-corrected chi connectivity index (χ4v) is 1.19. The number of hydrogen-bond donors (Lipinski definition) is 3.